The lowest BCUT2D eigenvalue weighted by molar-refractivity contribution is 0.0915. The topological polar surface area (TPSA) is 62.4 Å². The van der Waals surface area contributed by atoms with E-state index in [1.807, 2.05) is 24.5 Å². The summed E-state index contributed by atoms with van der Waals surface area (Å²) in [5.74, 6) is 0.465. The number of aliphatic hydroxyl groups is 1. The largest absolute Gasteiger partial charge is 0.396 e. The van der Waals surface area contributed by atoms with Crippen molar-refractivity contribution in [3.63, 3.8) is 0 Å². The van der Waals surface area contributed by atoms with Crippen molar-refractivity contribution >= 4 is 0 Å². The Morgan fingerprint density at radius 3 is 2.50 bits per heavy atom. The lowest BCUT2D eigenvalue weighted by atomic mass is 9.93. The molecule has 0 spiro atoms. The Hall–Kier alpha value is -0.970. The van der Waals surface area contributed by atoms with E-state index < -0.39 is 0 Å². The summed E-state index contributed by atoms with van der Waals surface area (Å²) in [7, 11) is 0. The highest BCUT2D eigenvalue weighted by atomic mass is 16.3. The van der Waals surface area contributed by atoms with Gasteiger partial charge in [0.05, 0.1) is 0 Å². The Morgan fingerprint density at radius 2 is 2.00 bits per heavy atom. The quantitative estimate of drug-likeness (QED) is 0.841. The van der Waals surface area contributed by atoms with Crippen LogP contribution in [0.5, 0.6) is 0 Å². The highest BCUT2D eigenvalue weighted by Gasteiger charge is 2.28. The van der Waals surface area contributed by atoms with E-state index in [9.17, 15) is 5.11 Å². The van der Waals surface area contributed by atoms with Gasteiger partial charge in [-0.25, -0.2) is 0 Å². The summed E-state index contributed by atoms with van der Waals surface area (Å²) in [6, 6.07) is 4.45. The van der Waals surface area contributed by atoms with E-state index in [1.165, 1.54) is 5.56 Å². The smallest absolute Gasteiger partial charge is 0.0497 e. The Morgan fingerprint density at radius 1 is 1.39 bits per heavy atom. The molecule has 1 fully saturated rings. The van der Waals surface area contributed by atoms with E-state index in [-0.39, 0.29) is 12.1 Å². The highest BCUT2D eigenvalue weighted by Crippen LogP contribution is 2.28. The average Bonchev–Trinajstić information content (AvgIpc) is 2.40. The first-order chi connectivity index (χ1) is 8.72. The molecule has 0 bridgehead atoms. The summed E-state index contributed by atoms with van der Waals surface area (Å²) in [5.41, 5.74) is 7.39. The van der Waals surface area contributed by atoms with Crippen LogP contribution in [0, 0.1) is 5.92 Å². The molecule has 1 saturated heterocycles. The van der Waals surface area contributed by atoms with Crippen LogP contribution >= 0.6 is 0 Å². The second-order valence-corrected chi connectivity index (χ2v) is 5.25. The van der Waals surface area contributed by atoms with Crippen LogP contribution in [0.25, 0.3) is 0 Å². The fraction of sp³-hybridized carbons (Fsp3) is 0.643. The average molecular weight is 249 g/mol. The molecule has 0 saturated carbocycles. The van der Waals surface area contributed by atoms with Crippen LogP contribution in [-0.2, 0) is 0 Å². The maximum atomic E-state index is 9.19. The molecule has 1 aliphatic rings. The number of nitrogens with two attached hydrogens (primary N) is 1. The number of pyridine rings is 1. The van der Waals surface area contributed by atoms with Crippen molar-refractivity contribution in [2.75, 3.05) is 19.7 Å². The fourth-order valence-corrected chi connectivity index (χ4v) is 2.82. The summed E-state index contributed by atoms with van der Waals surface area (Å²) in [6.45, 7) is 4.40. The van der Waals surface area contributed by atoms with Crippen molar-refractivity contribution < 1.29 is 5.11 Å². The van der Waals surface area contributed by atoms with Crippen LogP contribution in [0.3, 0.4) is 0 Å². The van der Waals surface area contributed by atoms with Crippen LogP contribution in [0.2, 0.25) is 0 Å². The van der Waals surface area contributed by atoms with Gasteiger partial charge in [-0.1, -0.05) is 0 Å². The van der Waals surface area contributed by atoms with Gasteiger partial charge in [-0.2, -0.15) is 0 Å². The molecule has 100 valence electrons. The van der Waals surface area contributed by atoms with Crippen molar-refractivity contribution in [2.45, 2.75) is 31.8 Å². The van der Waals surface area contributed by atoms with E-state index in [4.69, 9.17) is 5.73 Å². The molecule has 0 aliphatic carbocycles. The minimum absolute atomic E-state index is 0.0954. The maximum absolute atomic E-state index is 9.19. The van der Waals surface area contributed by atoms with Crippen LogP contribution in [0.4, 0.5) is 0 Å². The summed E-state index contributed by atoms with van der Waals surface area (Å²) in [6.07, 6.45) is 5.77. The molecular weight excluding hydrogens is 226 g/mol. The molecule has 18 heavy (non-hydrogen) atoms. The van der Waals surface area contributed by atoms with Crippen molar-refractivity contribution in [1.29, 1.82) is 0 Å². The minimum Gasteiger partial charge on any atom is -0.396 e. The van der Waals surface area contributed by atoms with Crippen LogP contribution in [-0.4, -0.2) is 40.7 Å². The molecule has 1 aromatic heterocycles. The standard InChI is InChI=1S/C14H23N3O/c1-11(15)14(13-2-6-16-7-3-13)17-8-4-12(10-18)5-9-17/h2-3,6-7,11-12,14,18H,4-5,8-10,15H2,1H3. The first-order valence-corrected chi connectivity index (χ1v) is 6.72. The van der Waals surface area contributed by atoms with Gasteiger partial charge in [0.2, 0.25) is 0 Å². The Labute approximate surface area is 109 Å². The summed E-state index contributed by atoms with van der Waals surface area (Å²) < 4.78 is 0. The number of likely N-dealkylation sites (tertiary alicyclic amines) is 1. The highest BCUT2D eigenvalue weighted by molar-refractivity contribution is 5.17. The third-order valence-corrected chi connectivity index (χ3v) is 3.85. The second kappa shape index (κ2) is 6.27. The Kier molecular flexibility index (Phi) is 4.69. The van der Waals surface area contributed by atoms with E-state index in [0.29, 0.717) is 12.5 Å². The molecule has 2 unspecified atom stereocenters. The third kappa shape index (κ3) is 3.07. The van der Waals surface area contributed by atoms with E-state index in [1.54, 1.807) is 0 Å². The first kappa shape index (κ1) is 13.5. The lowest BCUT2D eigenvalue weighted by Crippen LogP contribution is -2.44. The number of nitrogens with zero attached hydrogens (tertiary/aromatic N) is 2. The van der Waals surface area contributed by atoms with Crippen LogP contribution in [0.1, 0.15) is 31.4 Å². The lowest BCUT2D eigenvalue weighted by Gasteiger charge is -2.39. The molecule has 1 aromatic rings. The normalized spacial score (nSPS) is 21.7. The van der Waals surface area contributed by atoms with Gasteiger partial charge in [-0.05, 0) is 56.5 Å². The Bertz CT molecular complexity index is 347. The predicted molar refractivity (Wildman–Crippen MR) is 72.0 cm³/mol. The summed E-state index contributed by atoms with van der Waals surface area (Å²) in [5, 5.41) is 9.19. The van der Waals surface area contributed by atoms with Crippen LogP contribution in [0.15, 0.2) is 24.5 Å². The number of piperidine rings is 1. The van der Waals surface area contributed by atoms with Gasteiger partial charge in [-0.15, -0.1) is 0 Å². The number of aromatic nitrogens is 1. The fourth-order valence-electron chi connectivity index (χ4n) is 2.82. The molecule has 2 heterocycles. The van der Waals surface area contributed by atoms with Gasteiger partial charge in [0.15, 0.2) is 0 Å². The van der Waals surface area contributed by atoms with Crippen molar-refractivity contribution in [3.8, 4) is 0 Å². The monoisotopic (exact) mass is 249 g/mol. The van der Waals surface area contributed by atoms with Gasteiger partial charge in [0.25, 0.3) is 0 Å². The van der Waals surface area contributed by atoms with Crippen molar-refractivity contribution in [1.82, 2.24) is 9.88 Å². The zero-order valence-electron chi connectivity index (χ0n) is 11.0. The molecule has 0 amide bonds. The minimum atomic E-state index is 0.0954. The van der Waals surface area contributed by atoms with Crippen molar-refractivity contribution in [3.05, 3.63) is 30.1 Å². The molecule has 2 rings (SSSR count). The number of aliphatic hydroxyl groups excluding tert-OH is 1. The third-order valence-electron chi connectivity index (χ3n) is 3.85. The molecule has 3 N–H and O–H groups in total. The molecule has 4 nitrogen and oxygen atoms in total. The SMILES string of the molecule is CC(N)C(c1ccncc1)N1CCC(CO)CC1. The number of hydrogen-bond donors (Lipinski definition) is 2. The van der Waals surface area contributed by atoms with Gasteiger partial charge in [0.1, 0.15) is 0 Å². The van der Waals surface area contributed by atoms with Crippen LogP contribution < -0.4 is 5.73 Å². The zero-order chi connectivity index (χ0) is 13.0. The molecule has 4 heteroatoms. The maximum Gasteiger partial charge on any atom is 0.0497 e. The van der Waals surface area contributed by atoms with Gasteiger partial charge in [0, 0.05) is 31.1 Å². The Balaban J connectivity index is 2.08. The molecule has 2 atom stereocenters. The number of rotatable bonds is 4. The molecule has 1 aliphatic heterocycles. The second-order valence-electron chi connectivity index (χ2n) is 5.25. The van der Waals surface area contributed by atoms with Gasteiger partial charge in [-0.3, -0.25) is 9.88 Å². The molecule has 0 radical (unpaired) electrons. The van der Waals surface area contributed by atoms with Crippen molar-refractivity contribution in [2.24, 2.45) is 11.7 Å². The van der Waals surface area contributed by atoms with E-state index in [2.05, 4.69) is 16.8 Å². The van der Waals surface area contributed by atoms with E-state index >= 15 is 0 Å². The summed E-state index contributed by atoms with van der Waals surface area (Å²) >= 11 is 0. The molecule has 0 aromatic carbocycles. The summed E-state index contributed by atoms with van der Waals surface area (Å²) in [4.78, 5) is 6.50. The van der Waals surface area contributed by atoms with Gasteiger partial charge < -0.3 is 10.8 Å². The zero-order valence-corrected chi connectivity index (χ0v) is 11.0. The molecular formula is C14H23N3O. The van der Waals surface area contributed by atoms with E-state index in [0.717, 1.165) is 25.9 Å². The predicted octanol–water partition coefficient (Wildman–Crippen LogP) is 1.17. The van der Waals surface area contributed by atoms with Gasteiger partial charge >= 0.3 is 0 Å². The number of hydrogen-bond acceptors (Lipinski definition) is 4. The first-order valence-electron chi connectivity index (χ1n) is 6.72.